The smallest absolute Gasteiger partial charge is 0.253 e. The summed E-state index contributed by atoms with van der Waals surface area (Å²) in [6.07, 6.45) is 3.74. The van der Waals surface area contributed by atoms with Gasteiger partial charge in [0.25, 0.3) is 5.91 Å². The van der Waals surface area contributed by atoms with Crippen molar-refractivity contribution in [3.05, 3.63) is 63.6 Å². The lowest BCUT2D eigenvalue weighted by molar-refractivity contribution is -0.132. The Morgan fingerprint density at radius 2 is 1.64 bits per heavy atom. The van der Waals surface area contributed by atoms with E-state index in [4.69, 9.17) is 23.2 Å². The van der Waals surface area contributed by atoms with Crippen molar-refractivity contribution >= 4 is 46.6 Å². The van der Waals surface area contributed by atoms with E-state index in [0.717, 1.165) is 18.7 Å². The van der Waals surface area contributed by atoms with Crippen LogP contribution in [0.4, 0.5) is 5.69 Å². The van der Waals surface area contributed by atoms with Crippen molar-refractivity contribution in [2.24, 2.45) is 0 Å². The molecule has 7 nitrogen and oxygen atoms in total. The second-order valence-electron chi connectivity index (χ2n) is 8.05. The van der Waals surface area contributed by atoms with Gasteiger partial charge in [-0.3, -0.25) is 14.4 Å². The summed E-state index contributed by atoms with van der Waals surface area (Å²) in [4.78, 5) is 40.5. The van der Waals surface area contributed by atoms with E-state index in [-0.39, 0.29) is 29.6 Å². The lowest BCUT2D eigenvalue weighted by Crippen LogP contribution is -2.42. The summed E-state index contributed by atoms with van der Waals surface area (Å²) < 4.78 is 0. The first-order valence-corrected chi connectivity index (χ1v) is 11.7. The maximum atomic E-state index is 12.4. The molecular weight excluding hydrogens is 463 g/mol. The highest BCUT2D eigenvalue weighted by molar-refractivity contribution is 6.36. The molecule has 0 unspecified atom stereocenters. The molecule has 2 aromatic rings. The lowest BCUT2D eigenvalue weighted by Gasteiger charge is -2.29. The Balaban J connectivity index is 1.40. The summed E-state index contributed by atoms with van der Waals surface area (Å²) in [5, 5.41) is 5.61. The van der Waals surface area contributed by atoms with Gasteiger partial charge in [0.05, 0.1) is 23.7 Å². The molecule has 0 radical (unpaired) electrons. The fraction of sp³-hybridized carbons (Fsp3) is 0.375. The molecule has 0 aromatic heterocycles. The number of carbonyl (C=O) groups excluding carboxylic acids is 3. The normalized spacial score (nSPS) is 13.4. The number of halogens is 2. The van der Waals surface area contributed by atoms with Crippen molar-refractivity contribution in [1.29, 1.82) is 0 Å². The molecule has 0 aliphatic carbocycles. The van der Waals surface area contributed by atoms with Crippen LogP contribution in [-0.2, 0) is 16.1 Å². The van der Waals surface area contributed by atoms with E-state index in [1.54, 1.807) is 11.9 Å². The summed E-state index contributed by atoms with van der Waals surface area (Å²) in [6.45, 7) is 2.20. The molecule has 0 saturated carbocycles. The number of hydrogen-bond donors (Lipinski definition) is 2. The number of rotatable bonds is 8. The van der Waals surface area contributed by atoms with E-state index >= 15 is 0 Å². The molecule has 176 valence electrons. The molecular formula is C24H28Cl2N4O3. The summed E-state index contributed by atoms with van der Waals surface area (Å²) in [5.74, 6) is -1.19. The van der Waals surface area contributed by atoms with Gasteiger partial charge in [-0.25, -0.2) is 0 Å². The number of nitrogens with one attached hydrogen (secondary N) is 2. The van der Waals surface area contributed by atoms with E-state index in [2.05, 4.69) is 27.7 Å². The molecule has 1 fully saturated rings. The van der Waals surface area contributed by atoms with Crippen LogP contribution in [0.2, 0.25) is 10.0 Å². The van der Waals surface area contributed by atoms with Crippen LogP contribution in [0.1, 0.15) is 35.2 Å². The molecule has 0 atom stereocenters. The highest BCUT2D eigenvalue weighted by Crippen LogP contribution is 2.21. The summed E-state index contributed by atoms with van der Waals surface area (Å²) in [5.41, 5.74) is 2.45. The molecule has 3 amide bonds. The fourth-order valence-corrected chi connectivity index (χ4v) is 4.12. The fourth-order valence-electron chi connectivity index (χ4n) is 3.63. The van der Waals surface area contributed by atoms with Crippen LogP contribution >= 0.6 is 23.2 Å². The van der Waals surface area contributed by atoms with Crippen LogP contribution in [-0.4, -0.2) is 55.8 Å². The van der Waals surface area contributed by atoms with Crippen molar-refractivity contribution in [1.82, 2.24) is 15.5 Å². The minimum absolute atomic E-state index is 0.154. The van der Waals surface area contributed by atoms with Gasteiger partial charge >= 0.3 is 0 Å². The van der Waals surface area contributed by atoms with Crippen LogP contribution in [0, 0.1) is 0 Å². The van der Waals surface area contributed by atoms with Crippen molar-refractivity contribution in [3.63, 3.8) is 0 Å². The van der Waals surface area contributed by atoms with E-state index < -0.39 is 11.8 Å². The average Bonchev–Trinajstić information content (AvgIpc) is 2.82. The van der Waals surface area contributed by atoms with Crippen LogP contribution in [0.15, 0.2) is 42.5 Å². The molecule has 1 aliphatic rings. The number of likely N-dealkylation sites (N-methyl/N-ethyl adjacent to an activating group) is 1. The maximum Gasteiger partial charge on any atom is 0.253 e. The van der Waals surface area contributed by atoms with Gasteiger partial charge in [-0.2, -0.15) is 0 Å². The molecule has 0 bridgehead atoms. The monoisotopic (exact) mass is 490 g/mol. The number of piperidine rings is 1. The molecule has 2 aromatic carbocycles. The second kappa shape index (κ2) is 11.9. The van der Waals surface area contributed by atoms with Gasteiger partial charge < -0.3 is 20.4 Å². The summed E-state index contributed by atoms with van der Waals surface area (Å²) in [7, 11) is 1.69. The van der Waals surface area contributed by atoms with Gasteiger partial charge in [-0.05, 0) is 55.2 Å². The Morgan fingerprint density at radius 1 is 0.939 bits per heavy atom. The first kappa shape index (κ1) is 24.9. The standard InChI is InChI=1S/C24H28Cl2N4O3/c1-29(16-17-5-8-19(9-6-17)30-11-3-2-4-12-30)23(32)15-27-22(31)14-28-24(33)20-10-7-18(25)13-21(20)26/h5-10,13H,2-4,11-12,14-16H2,1H3,(H,27,31)(H,28,33). The molecule has 33 heavy (non-hydrogen) atoms. The maximum absolute atomic E-state index is 12.4. The van der Waals surface area contributed by atoms with Crippen LogP contribution in [0.25, 0.3) is 0 Å². The molecule has 9 heteroatoms. The van der Waals surface area contributed by atoms with Gasteiger partial charge in [0, 0.05) is 37.4 Å². The number of carbonyl (C=O) groups is 3. The quantitative estimate of drug-likeness (QED) is 0.593. The average molecular weight is 491 g/mol. The lowest BCUT2D eigenvalue weighted by atomic mass is 10.1. The van der Waals surface area contributed by atoms with Gasteiger partial charge in [-0.15, -0.1) is 0 Å². The van der Waals surface area contributed by atoms with E-state index in [1.807, 2.05) is 12.1 Å². The predicted octanol–water partition coefficient (Wildman–Crippen LogP) is 3.49. The van der Waals surface area contributed by atoms with Crippen LogP contribution in [0.3, 0.4) is 0 Å². The molecule has 0 spiro atoms. The zero-order chi connectivity index (χ0) is 23.8. The van der Waals surface area contributed by atoms with Crippen molar-refractivity contribution in [2.75, 3.05) is 38.1 Å². The highest BCUT2D eigenvalue weighted by Gasteiger charge is 2.15. The predicted molar refractivity (Wildman–Crippen MR) is 131 cm³/mol. The van der Waals surface area contributed by atoms with Crippen molar-refractivity contribution in [2.45, 2.75) is 25.8 Å². The largest absolute Gasteiger partial charge is 0.372 e. The Bertz CT molecular complexity index is 992. The van der Waals surface area contributed by atoms with Crippen molar-refractivity contribution < 1.29 is 14.4 Å². The number of anilines is 1. The minimum Gasteiger partial charge on any atom is -0.372 e. The highest BCUT2D eigenvalue weighted by atomic mass is 35.5. The van der Waals surface area contributed by atoms with Gasteiger partial charge in [-0.1, -0.05) is 35.3 Å². The Labute approximate surface area is 204 Å². The van der Waals surface area contributed by atoms with E-state index in [0.29, 0.717) is 11.6 Å². The second-order valence-corrected chi connectivity index (χ2v) is 8.89. The molecule has 3 rings (SSSR count). The van der Waals surface area contributed by atoms with E-state index in [1.165, 1.54) is 43.1 Å². The number of benzene rings is 2. The molecule has 1 heterocycles. The first-order valence-electron chi connectivity index (χ1n) is 10.9. The number of amides is 3. The third-order valence-electron chi connectivity index (χ3n) is 5.53. The van der Waals surface area contributed by atoms with E-state index in [9.17, 15) is 14.4 Å². The van der Waals surface area contributed by atoms with Crippen LogP contribution < -0.4 is 15.5 Å². The van der Waals surface area contributed by atoms with Gasteiger partial charge in [0.1, 0.15) is 0 Å². The third-order valence-corrected chi connectivity index (χ3v) is 6.07. The summed E-state index contributed by atoms with van der Waals surface area (Å²) >= 11 is 11.8. The SMILES string of the molecule is CN(Cc1ccc(N2CCCCC2)cc1)C(=O)CNC(=O)CNC(=O)c1ccc(Cl)cc1Cl. The summed E-state index contributed by atoms with van der Waals surface area (Å²) in [6, 6.07) is 12.7. The zero-order valence-corrected chi connectivity index (χ0v) is 20.1. The number of hydrogen-bond acceptors (Lipinski definition) is 4. The first-order chi connectivity index (χ1) is 15.8. The third kappa shape index (κ3) is 7.37. The van der Waals surface area contributed by atoms with Gasteiger partial charge in [0.15, 0.2) is 0 Å². The zero-order valence-electron chi connectivity index (χ0n) is 18.6. The topological polar surface area (TPSA) is 81.8 Å². The van der Waals surface area contributed by atoms with Crippen LogP contribution in [0.5, 0.6) is 0 Å². The van der Waals surface area contributed by atoms with Crippen molar-refractivity contribution in [3.8, 4) is 0 Å². The Hall–Kier alpha value is -2.77. The minimum atomic E-state index is -0.497. The Morgan fingerprint density at radius 3 is 2.30 bits per heavy atom. The molecule has 1 aliphatic heterocycles. The Kier molecular flexibility index (Phi) is 8.97. The molecule has 2 N–H and O–H groups in total. The van der Waals surface area contributed by atoms with Gasteiger partial charge in [0.2, 0.25) is 11.8 Å². The molecule has 1 saturated heterocycles. The number of nitrogens with zero attached hydrogens (tertiary/aromatic N) is 2.